The third-order valence-corrected chi connectivity index (χ3v) is 5.52. The van der Waals surface area contributed by atoms with Crippen LogP contribution in [0.5, 0.6) is 0 Å². The maximum Gasteiger partial charge on any atom is 0.329 e. The Kier molecular flexibility index (Phi) is 3.79. The quantitative estimate of drug-likeness (QED) is 0.758. The lowest BCUT2D eigenvalue weighted by Crippen LogP contribution is -2.40. The highest BCUT2D eigenvalue weighted by Gasteiger charge is 2.48. The van der Waals surface area contributed by atoms with Gasteiger partial charge < -0.3 is 0 Å². The molecule has 0 radical (unpaired) electrons. The second-order valence-electron chi connectivity index (χ2n) is 7.01. The van der Waals surface area contributed by atoms with Crippen molar-refractivity contribution in [3.63, 3.8) is 0 Å². The fraction of sp³-hybridized carbons (Fsp3) is 0.381. The molecule has 0 spiro atoms. The van der Waals surface area contributed by atoms with Crippen molar-refractivity contribution in [3.8, 4) is 0 Å². The van der Waals surface area contributed by atoms with Crippen LogP contribution in [0.15, 0.2) is 48.5 Å². The molecule has 2 aliphatic rings. The van der Waals surface area contributed by atoms with Crippen molar-refractivity contribution < 1.29 is 4.79 Å². The summed E-state index contributed by atoms with van der Waals surface area (Å²) in [5.74, 6) is 0. The fourth-order valence-corrected chi connectivity index (χ4v) is 4.32. The molecule has 1 saturated heterocycles. The minimum Gasteiger partial charge on any atom is -0.289 e. The molecular formula is C21H24N2O. The van der Waals surface area contributed by atoms with Gasteiger partial charge in [-0.15, -0.1) is 0 Å². The first-order valence-corrected chi connectivity index (χ1v) is 8.92. The van der Waals surface area contributed by atoms with Gasteiger partial charge in [-0.25, -0.2) is 4.79 Å². The van der Waals surface area contributed by atoms with Crippen LogP contribution in [0, 0.1) is 13.8 Å². The lowest BCUT2D eigenvalue weighted by Gasteiger charge is -2.32. The maximum atomic E-state index is 13.4. The number of carbonyl (C=O) groups excluding carboxylic acids is 1. The van der Waals surface area contributed by atoms with Crippen LogP contribution in [-0.2, 0) is 0 Å². The van der Waals surface area contributed by atoms with E-state index in [1.807, 2.05) is 24.3 Å². The van der Waals surface area contributed by atoms with E-state index in [9.17, 15) is 4.79 Å². The molecule has 1 heterocycles. The lowest BCUT2D eigenvalue weighted by molar-refractivity contribution is 0.255. The standard InChI is InChI=1S/C21H24N2O/c1-15-9-3-5-11-17(15)22-19-13-7-8-14-20(19)23(21(22)24)18-12-6-4-10-16(18)2/h3-6,9-12,19-20H,7-8,13-14H2,1-2H3/t19-,20-/m0/s1. The summed E-state index contributed by atoms with van der Waals surface area (Å²) in [7, 11) is 0. The average molecular weight is 320 g/mol. The van der Waals surface area contributed by atoms with E-state index in [0.29, 0.717) is 0 Å². The Morgan fingerprint density at radius 3 is 1.58 bits per heavy atom. The molecular weight excluding hydrogens is 296 g/mol. The number of nitrogens with zero attached hydrogens (tertiary/aromatic N) is 2. The van der Waals surface area contributed by atoms with E-state index in [2.05, 4.69) is 47.9 Å². The molecule has 4 rings (SSSR count). The highest BCUT2D eigenvalue weighted by atomic mass is 16.2. The van der Waals surface area contributed by atoms with Gasteiger partial charge in [0.05, 0.1) is 12.1 Å². The van der Waals surface area contributed by atoms with Crippen molar-refractivity contribution in [2.24, 2.45) is 0 Å². The number of carbonyl (C=O) groups is 1. The monoisotopic (exact) mass is 320 g/mol. The van der Waals surface area contributed by atoms with Crippen LogP contribution in [0.25, 0.3) is 0 Å². The predicted molar refractivity (Wildman–Crippen MR) is 98.8 cm³/mol. The molecule has 3 heteroatoms. The van der Waals surface area contributed by atoms with Gasteiger partial charge in [0, 0.05) is 11.4 Å². The summed E-state index contributed by atoms with van der Waals surface area (Å²) in [5, 5.41) is 0. The number of aryl methyl sites for hydroxylation is 2. The van der Waals surface area contributed by atoms with E-state index >= 15 is 0 Å². The number of fused-ring (bicyclic) bond motifs is 1. The molecule has 2 amide bonds. The molecule has 3 nitrogen and oxygen atoms in total. The maximum absolute atomic E-state index is 13.4. The van der Waals surface area contributed by atoms with E-state index in [1.165, 1.54) is 24.0 Å². The summed E-state index contributed by atoms with van der Waals surface area (Å²) in [6.45, 7) is 4.19. The summed E-state index contributed by atoms with van der Waals surface area (Å²) in [5.41, 5.74) is 4.47. The number of amides is 2. The Bertz CT molecular complexity index is 706. The number of hydrogen-bond donors (Lipinski definition) is 0. The minimum absolute atomic E-state index is 0.135. The summed E-state index contributed by atoms with van der Waals surface area (Å²) < 4.78 is 0. The SMILES string of the molecule is Cc1ccccc1N1C(=O)N(c2ccccc2C)[C@H]2CCCC[C@@H]21. The first kappa shape index (κ1) is 15.3. The summed E-state index contributed by atoms with van der Waals surface area (Å²) in [4.78, 5) is 17.6. The fourth-order valence-electron chi connectivity index (χ4n) is 4.32. The summed E-state index contributed by atoms with van der Waals surface area (Å²) in [6.07, 6.45) is 4.59. The molecule has 2 atom stereocenters. The minimum atomic E-state index is 0.135. The van der Waals surface area contributed by atoms with E-state index in [0.717, 1.165) is 24.2 Å². The average Bonchev–Trinajstić information content (AvgIpc) is 2.88. The van der Waals surface area contributed by atoms with Crippen molar-refractivity contribution in [1.29, 1.82) is 0 Å². The second-order valence-corrected chi connectivity index (χ2v) is 7.01. The zero-order valence-electron chi connectivity index (χ0n) is 14.4. The van der Waals surface area contributed by atoms with Crippen molar-refractivity contribution in [3.05, 3.63) is 59.7 Å². The Morgan fingerprint density at radius 2 is 1.17 bits per heavy atom. The van der Waals surface area contributed by atoms with E-state index in [-0.39, 0.29) is 18.1 Å². The molecule has 1 aliphatic heterocycles. The van der Waals surface area contributed by atoms with Gasteiger partial charge in [0.15, 0.2) is 0 Å². The van der Waals surface area contributed by atoms with Crippen LogP contribution < -0.4 is 9.80 Å². The number of hydrogen-bond acceptors (Lipinski definition) is 1. The van der Waals surface area contributed by atoms with Crippen LogP contribution >= 0.6 is 0 Å². The normalized spacial score (nSPS) is 23.5. The first-order chi connectivity index (χ1) is 11.7. The van der Waals surface area contributed by atoms with Crippen LogP contribution in [-0.4, -0.2) is 18.1 Å². The molecule has 1 saturated carbocycles. The molecule has 24 heavy (non-hydrogen) atoms. The molecule has 0 unspecified atom stereocenters. The molecule has 0 N–H and O–H groups in total. The van der Waals surface area contributed by atoms with Crippen LogP contribution in [0.4, 0.5) is 16.2 Å². The molecule has 1 aliphatic carbocycles. The number of urea groups is 1. The van der Waals surface area contributed by atoms with Gasteiger partial charge in [-0.2, -0.15) is 0 Å². The summed E-state index contributed by atoms with van der Waals surface area (Å²) in [6, 6.07) is 17.2. The largest absolute Gasteiger partial charge is 0.329 e. The van der Waals surface area contributed by atoms with Crippen LogP contribution in [0.3, 0.4) is 0 Å². The van der Waals surface area contributed by atoms with Gasteiger partial charge in [0.1, 0.15) is 0 Å². The van der Waals surface area contributed by atoms with Gasteiger partial charge in [-0.05, 0) is 49.9 Å². The molecule has 2 fully saturated rings. The molecule has 2 aromatic rings. The van der Waals surface area contributed by atoms with Crippen molar-refractivity contribution in [2.45, 2.75) is 51.6 Å². The first-order valence-electron chi connectivity index (χ1n) is 8.92. The third-order valence-electron chi connectivity index (χ3n) is 5.52. The Labute approximate surface area is 143 Å². The highest BCUT2D eigenvalue weighted by Crippen LogP contribution is 2.41. The van der Waals surface area contributed by atoms with E-state index in [1.54, 1.807) is 0 Å². The number of rotatable bonds is 2. The molecule has 0 aromatic heterocycles. The van der Waals surface area contributed by atoms with Gasteiger partial charge in [-0.3, -0.25) is 9.80 Å². The van der Waals surface area contributed by atoms with Crippen LogP contribution in [0.2, 0.25) is 0 Å². The zero-order valence-corrected chi connectivity index (χ0v) is 14.4. The number of para-hydroxylation sites is 2. The van der Waals surface area contributed by atoms with E-state index < -0.39 is 0 Å². The number of anilines is 2. The topological polar surface area (TPSA) is 23.6 Å². The lowest BCUT2D eigenvalue weighted by atomic mass is 9.89. The third kappa shape index (κ3) is 2.31. The smallest absolute Gasteiger partial charge is 0.289 e. The molecule has 0 bridgehead atoms. The highest BCUT2D eigenvalue weighted by molar-refractivity contribution is 6.08. The Hall–Kier alpha value is -2.29. The van der Waals surface area contributed by atoms with Gasteiger partial charge in [0.2, 0.25) is 0 Å². The van der Waals surface area contributed by atoms with Crippen molar-refractivity contribution in [2.75, 3.05) is 9.80 Å². The van der Waals surface area contributed by atoms with Gasteiger partial charge in [0.25, 0.3) is 0 Å². The summed E-state index contributed by atoms with van der Waals surface area (Å²) >= 11 is 0. The molecule has 124 valence electrons. The Morgan fingerprint density at radius 1 is 0.750 bits per heavy atom. The van der Waals surface area contributed by atoms with Crippen LogP contribution in [0.1, 0.15) is 36.8 Å². The van der Waals surface area contributed by atoms with E-state index in [4.69, 9.17) is 0 Å². The van der Waals surface area contributed by atoms with Crippen molar-refractivity contribution >= 4 is 17.4 Å². The number of benzene rings is 2. The Balaban J connectivity index is 1.81. The predicted octanol–water partition coefficient (Wildman–Crippen LogP) is 5.06. The van der Waals surface area contributed by atoms with Crippen molar-refractivity contribution in [1.82, 2.24) is 0 Å². The second kappa shape index (κ2) is 5.97. The zero-order chi connectivity index (χ0) is 16.7. The molecule has 2 aromatic carbocycles. The van der Waals surface area contributed by atoms with Gasteiger partial charge >= 0.3 is 6.03 Å². The van der Waals surface area contributed by atoms with Gasteiger partial charge in [-0.1, -0.05) is 49.2 Å².